The molecule has 0 aromatic heterocycles. The van der Waals surface area contributed by atoms with Crippen LogP contribution < -0.4 is 16.4 Å². The average molecular weight is 422 g/mol. The molecule has 29 heavy (non-hydrogen) atoms. The van der Waals surface area contributed by atoms with Crippen LogP contribution in [0.25, 0.3) is 0 Å². The number of nitrogens with zero attached hydrogens (tertiary/aromatic N) is 2. The molecular formula is C21H32ClN5O2. The van der Waals surface area contributed by atoms with E-state index in [2.05, 4.69) is 23.6 Å². The first-order valence-corrected chi connectivity index (χ1v) is 10.8. The number of hydrogen-bond acceptors (Lipinski definition) is 3. The van der Waals surface area contributed by atoms with Crippen LogP contribution in [0.3, 0.4) is 0 Å². The number of rotatable bonds is 5. The highest BCUT2D eigenvalue weighted by atomic mass is 35.5. The van der Waals surface area contributed by atoms with Gasteiger partial charge in [-0.2, -0.15) is 0 Å². The van der Waals surface area contributed by atoms with Gasteiger partial charge in [0, 0.05) is 49.3 Å². The number of halogens is 1. The Hall–Kier alpha value is -1.99. The van der Waals surface area contributed by atoms with Gasteiger partial charge < -0.3 is 26.0 Å². The number of hydrogen-bond donors (Lipinski definition) is 3. The van der Waals surface area contributed by atoms with E-state index in [4.69, 9.17) is 27.1 Å². The molecule has 2 aliphatic rings. The third-order valence-corrected chi connectivity index (χ3v) is 6.26. The molecule has 8 heteroatoms. The maximum absolute atomic E-state index is 11.3. The molecule has 3 rings (SSSR count). The Bertz CT molecular complexity index is 713. The zero-order valence-corrected chi connectivity index (χ0v) is 17.9. The number of primary amides is 1. The first kappa shape index (κ1) is 21.7. The van der Waals surface area contributed by atoms with Crippen LogP contribution in [0.15, 0.2) is 29.3 Å². The molecule has 4 N–H and O–H groups in total. The van der Waals surface area contributed by atoms with Crippen LogP contribution in [0.4, 0.5) is 4.79 Å². The van der Waals surface area contributed by atoms with Gasteiger partial charge in [0.15, 0.2) is 5.96 Å². The van der Waals surface area contributed by atoms with Crippen molar-refractivity contribution in [2.75, 3.05) is 39.4 Å². The Morgan fingerprint density at radius 3 is 2.62 bits per heavy atom. The number of amides is 2. The van der Waals surface area contributed by atoms with E-state index >= 15 is 0 Å². The predicted octanol–water partition coefficient (Wildman–Crippen LogP) is 2.49. The summed E-state index contributed by atoms with van der Waals surface area (Å²) in [5, 5.41) is 7.68. The monoisotopic (exact) mass is 421 g/mol. The van der Waals surface area contributed by atoms with Gasteiger partial charge in [0.1, 0.15) is 0 Å². The summed E-state index contributed by atoms with van der Waals surface area (Å²) < 4.78 is 5.63. The lowest BCUT2D eigenvalue weighted by Gasteiger charge is -2.37. The molecule has 2 aliphatic heterocycles. The van der Waals surface area contributed by atoms with Crippen molar-refractivity contribution in [3.63, 3.8) is 0 Å². The molecule has 1 aromatic carbocycles. The van der Waals surface area contributed by atoms with E-state index in [0.29, 0.717) is 19.6 Å². The minimum absolute atomic E-state index is 0.117. The molecule has 160 valence electrons. The van der Waals surface area contributed by atoms with Gasteiger partial charge in [-0.1, -0.05) is 29.8 Å². The number of benzene rings is 1. The largest absolute Gasteiger partial charge is 0.381 e. The molecule has 7 nitrogen and oxygen atoms in total. The summed E-state index contributed by atoms with van der Waals surface area (Å²) in [6.07, 6.45) is 3.51. The van der Waals surface area contributed by atoms with E-state index in [1.165, 1.54) is 0 Å². The quantitative estimate of drug-likeness (QED) is 0.503. The van der Waals surface area contributed by atoms with Crippen LogP contribution in [0.5, 0.6) is 0 Å². The molecule has 0 spiro atoms. The summed E-state index contributed by atoms with van der Waals surface area (Å²) in [5.74, 6) is 0.808. The molecule has 0 aliphatic carbocycles. The number of nitrogens with one attached hydrogen (secondary N) is 2. The standard InChI is InChI=1S/C21H32ClN5O2/c1-2-24-20(26-16-7-11-27(12-8-16)19(23)28)25-15-21(9-13-29-14-10-21)17-5-3-4-6-18(17)22/h3-6,16H,2,7-15H2,1H3,(H2,23,28)(H2,24,25,26). The average Bonchev–Trinajstić information content (AvgIpc) is 2.73. The second-order valence-corrected chi connectivity index (χ2v) is 8.22. The third kappa shape index (κ3) is 5.54. The van der Waals surface area contributed by atoms with Gasteiger partial charge in [0.05, 0.1) is 6.54 Å². The lowest BCUT2D eigenvalue weighted by Crippen LogP contribution is -2.51. The predicted molar refractivity (Wildman–Crippen MR) is 116 cm³/mol. The van der Waals surface area contributed by atoms with Gasteiger partial charge in [-0.25, -0.2) is 4.79 Å². The maximum atomic E-state index is 11.3. The first-order chi connectivity index (χ1) is 14.0. The maximum Gasteiger partial charge on any atom is 0.314 e. The molecule has 2 fully saturated rings. The van der Waals surface area contributed by atoms with Crippen LogP contribution >= 0.6 is 11.6 Å². The highest BCUT2D eigenvalue weighted by molar-refractivity contribution is 6.31. The second kappa shape index (κ2) is 10.2. The number of ether oxygens (including phenoxy) is 1. The van der Waals surface area contributed by atoms with Crippen LogP contribution in [0, 0.1) is 0 Å². The molecule has 0 saturated carbocycles. The number of guanidine groups is 1. The number of nitrogens with two attached hydrogens (primary N) is 1. The van der Waals surface area contributed by atoms with Crippen molar-refractivity contribution in [2.45, 2.75) is 44.1 Å². The van der Waals surface area contributed by atoms with Gasteiger partial charge in [0.2, 0.25) is 0 Å². The zero-order chi connectivity index (χ0) is 20.7. The van der Waals surface area contributed by atoms with Gasteiger partial charge in [-0.15, -0.1) is 0 Å². The van der Waals surface area contributed by atoms with Crippen LogP contribution in [0.1, 0.15) is 38.2 Å². The van der Waals surface area contributed by atoms with Crippen molar-refractivity contribution in [3.05, 3.63) is 34.9 Å². The summed E-state index contributed by atoms with van der Waals surface area (Å²) in [6, 6.07) is 8.00. The van der Waals surface area contributed by atoms with Crippen molar-refractivity contribution in [2.24, 2.45) is 10.7 Å². The zero-order valence-electron chi connectivity index (χ0n) is 17.1. The lowest BCUT2D eigenvalue weighted by molar-refractivity contribution is 0.0531. The van der Waals surface area contributed by atoms with Gasteiger partial charge in [-0.3, -0.25) is 4.99 Å². The van der Waals surface area contributed by atoms with Crippen molar-refractivity contribution in [3.8, 4) is 0 Å². The van der Waals surface area contributed by atoms with Crippen LogP contribution in [-0.2, 0) is 10.2 Å². The fraction of sp³-hybridized carbons (Fsp3) is 0.619. The van der Waals surface area contributed by atoms with E-state index in [-0.39, 0.29) is 17.5 Å². The molecule has 2 heterocycles. The molecule has 2 saturated heterocycles. The number of piperidine rings is 1. The number of aliphatic imine (C=N–C) groups is 1. The Labute approximate surface area is 178 Å². The smallest absolute Gasteiger partial charge is 0.314 e. The van der Waals surface area contributed by atoms with Gasteiger partial charge in [0.25, 0.3) is 0 Å². The summed E-state index contributed by atoms with van der Waals surface area (Å²) in [5.41, 5.74) is 6.42. The molecule has 0 bridgehead atoms. The Kier molecular flexibility index (Phi) is 7.61. The minimum atomic E-state index is -0.342. The molecule has 0 radical (unpaired) electrons. The molecule has 0 unspecified atom stereocenters. The Balaban J connectivity index is 1.72. The summed E-state index contributed by atoms with van der Waals surface area (Å²) in [4.78, 5) is 18.0. The highest BCUT2D eigenvalue weighted by Gasteiger charge is 2.36. The third-order valence-electron chi connectivity index (χ3n) is 5.93. The molecule has 2 amide bonds. The Morgan fingerprint density at radius 2 is 2.00 bits per heavy atom. The second-order valence-electron chi connectivity index (χ2n) is 7.81. The van der Waals surface area contributed by atoms with Crippen molar-refractivity contribution < 1.29 is 9.53 Å². The molecular weight excluding hydrogens is 390 g/mol. The topological polar surface area (TPSA) is 92.0 Å². The van der Waals surface area contributed by atoms with Crippen molar-refractivity contribution >= 4 is 23.6 Å². The molecule has 0 atom stereocenters. The van der Waals surface area contributed by atoms with E-state index in [1.54, 1.807) is 4.90 Å². The highest BCUT2D eigenvalue weighted by Crippen LogP contribution is 2.38. The van der Waals surface area contributed by atoms with E-state index in [1.807, 2.05) is 18.2 Å². The summed E-state index contributed by atoms with van der Waals surface area (Å²) >= 11 is 6.56. The fourth-order valence-electron chi connectivity index (χ4n) is 4.15. The van der Waals surface area contributed by atoms with Crippen molar-refractivity contribution in [1.82, 2.24) is 15.5 Å². The minimum Gasteiger partial charge on any atom is -0.381 e. The van der Waals surface area contributed by atoms with E-state index < -0.39 is 0 Å². The van der Waals surface area contributed by atoms with Gasteiger partial charge >= 0.3 is 6.03 Å². The number of carbonyl (C=O) groups is 1. The van der Waals surface area contributed by atoms with Crippen LogP contribution in [0.2, 0.25) is 5.02 Å². The van der Waals surface area contributed by atoms with E-state index in [9.17, 15) is 4.79 Å². The van der Waals surface area contributed by atoms with Crippen LogP contribution in [-0.4, -0.2) is 62.3 Å². The summed E-state index contributed by atoms with van der Waals surface area (Å²) in [6.45, 7) is 6.28. The van der Waals surface area contributed by atoms with Gasteiger partial charge in [-0.05, 0) is 44.2 Å². The normalized spacial score (nSPS) is 20.3. The Morgan fingerprint density at radius 1 is 1.31 bits per heavy atom. The summed E-state index contributed by atoms with van der Waals surface area (Å²) in [7, 11) is 0. The lowest BCUT2D eigenvalue weighted by atomic mass is 9.74. The number of carbonyl (C=O) groups excluding carboxylic acids is 1. The number of urea groups is 1. The molecule has 1 aromatic rings. The fourth-order valence-corrected chi connectivity index (χ4v) is 4.49. The first-order valence-electron chi connectivity index (χ1n) is 10.5. The SMILES string of the molecule is CCNC(=NCC1(c2ccccc2Cl)CCOCC1)NC1CCN(C(N)=O)CC1. The van der Waals surface area contributed by atoms with E-state index in [0.717, 1.165) is 62.0 Å². The van der Waals surface area contributed by atoms with Crippen molar-refractivity contribution in [1.29, 1.82) is 0 Å². The number of likely N-dealkylation sites (tertiary alicyclic amines) is 1.